The van der Waals surface area contributed by atoms with Gasteiger partial charge < -0.3 is 9.84 Å². The Kier molecular flexibility index (Phi) is 4.80. The zero-order valence-corrected chi connectivity index (χ0v) is 12.6. The Morgan fingerprint density at radius 1 is 1.32 bits per heavy atom. The molecule has 1 N–H and O–H groups in total. The number of aliphatic hydroxyl groups excluding tert-OH is 1. The second-order valence-corrected chi connectivity index (χ2v) is 5.22. The molecule has 1 unspecified atom stereocenters. The second-order valence-electron chi connectivity index (χ2n) is 3.96. The van der Waals surface area contributed by atoms with Gasteiger partial charge in [-0.3, -0.25) is 4.98 Å². The van der Waals surface area contributed by atoms with E-state index < -0.39 is 6.10 Å². The number of aromatic nitrogens is 1. The zero-order chi connectivity index (χ0) is 13.8. The third-order valence-electron chi connectivity index (χ3n) is 2.62. The van der Waals surface area contributed by atoms with Crippen LogP contribution in [0.15, 0.2) is 41.1 Å². The van der Waals surface area contributed by atoms with Crippen molar-refractivity contribution in [1.82, 2.24) is 4.98 Å². The molecule has 0 saturated heterocycles. The molecule has 1 heterocycles. The summed E-state index contributed by atoms with van der Waals surface area (Å²) in [4.78, 5) is 4.07. The number of ether oxygens (including phenoxy) is 1. The van der Waals surface area contributed by atoms with Crippen LogP contribution in [-0.4, -0.2) is 16.7 Å². The first kappa shape index (κ1) is 14.3. The van der Waals surface area contributed by atoms with Crippen molar-refractivity contribution in [2.24, 2.45) is 0 Å². The monoisotopic (exact) mass is 341 g/mol. The zero-order valence-electron chi connectivity index (χ0n) is 10.3. The summed E-state index contributed by atoms with van der Waals surface area (Å²) in [5.41, 5.74) is 1.42. The van der Waals surface area contributed by atoms with Gasteiger partial charge in [-0.25, -0.2) is 0 Å². The summed E-state index contributed by atoms with van der Waals surface area (Å²) in [5.74, 6) is 0.645. The highest BCUT2D eigenvalue weighted by molar-refractivity contribution is 9.10. The predicted molar refractivity (Wildman–Crippen MR) is 78.6 cm³/mol. The van der Waals surface area contributed by atoms with E-state index in [0.717, 1.165) is 10.0 Å². The van der Waals surface area contributed by atoms with Crippen LogP contribution in [0.2, 0.25) is 5.02 Å². The van der Waals surface area contributed by atoms with Crippen LogP contribution in [0, 0.1) is 0 Å². The van der Waals surface area contributed by atoms with Crippen molar-refractivity contribution in [3.8, 4) is 5.75 Å². The van der Waals surface area contributed by atoms with Crippen LogP contribution in [0.25, 0.3) is 0 Å². The third-order valence-corrected chi connectivity index (χ3v) is 3.83. The second kappa shape index (κ2) is 6.37. The lowest BCUT2D eigenvalue weighted by atomic mass is 10.0. The van der Waals surface area contributed by atoms with Crippen LogP contribution in [0.3, 0.4) is 0 Å². The predicted octanol–water partition coefficient (Wildman–Crippen LogP) is 3.98. The van der Waals surface area contributed by atoms with Gasteiger partial charge in [-0.15, -0.1) is 0 Å². The molecule has 0 radical (unpaired) electrons. The molecule has 0 fully saturated rings. The van der Waals surface area contributed by atoms with Gasteiger partial charge >= 0.3 is 0 Å². The fraction of sp³-hybridized carbons (Fsp3) is 0.214. The summed E-state index contributed by atoms with van der Waals surface area (Å²) < 4.78 is 6.12. The van der Waals surface area contributed by atoms with Gasteiger partial charge in [0.2, 0.25) is 0 Å². The molecule has 1 aromatic heterocycles. The summed E-state index contributed by atoms with van der Waals surface area (Å²) in [6.07, 6.45) is 2.48. The average Bonchev–Trinajstić information content (AvgIpc) is 2.42. The Hall–Kier alpha value is -1.10. The van der Waals surface area contributed by atoms with Gasteiger partial charge in [-0.2, -0.15) is 0 Å². The minimum atomic E-state index is -0.763. The number of rotatable bonds is 4. The van der Waals surface area contributed by atoms with Gasteiger partial charge in [0.1, 0.15) is 11.9 Å². The fourth-order valence-corrected chi connectivity index (χ4v) is 2.22. The van der Waals surface area contributed by atoms with Crippen LogP contribution in [0.5, 0.6) is 5.75 Å². The number of halogens is 2. The van der Waals surface area contributed by atoms with E-state index in [4.69, 9.17) is 16.3 Å². The number of benzene rings is 1. The molecule has 0 aliphatic rings. The molecule has 1 aromatic carbocycles. The number of hydrogen-bond acceptors (Lipinski definition) is 3. The molecular formula is C14H13BrClNO2. The summed E-state index contributed by atoms with van der Waals surface area (Å²) in [7, 11) is 0. The summed E-state index contributed by atoms with van der Waals surface area (Å²) in [5, 5.41) is 10.9. The van der Waals surface area contributed by atoms with Crippen molar-refractivity contribution >= 4 is 27.5 Å². The topological polar surface area (TPSA) is 42.4 Å². The van der Waals surface area contributed by atoms with Crippen molar-refractivity contribution < 1.29 is 9.84 Å². The third kappa shape index (κ3) is 3.47. The van der Waals surface area contributed by atoms with Crippen LogP contribution in [0.1, 0.15) is 24.2 Å². The molecule has 0 amide bonds. The smallest absolute Gasteiger partial charge is 0.137 e. The van der Waals surface area contributed by atoms with Crippen LogP contribution < -0.4 is 4.74 Å². The molecule has 0 spiro atoms. The lowest BCUT2D eigenvalue weighted by Gasteiger charge is -2.13. The highest BCUT2D eigenvalue weighted by Gasteiger charge is 2.13. The normalized spacial score (nSPS) is 12.2. The van der Waals surface area contributed by atoms with Gasteiger partial charge in [-0.05, 0) is 46.6 Å². The van der Waals surface area contributed by atoms with E-state index in [1.807, 2.05) is 6.92 Å². The standard InChI is InChI=1S/C14H13BrClNO2/c1-2-19-11-5-10(7-17-8-11)14(18)9-3-4-13(16)12(15)6-9/h3-8,14,18H,2H2,1H3. The maximum absolute atomic E-state index is 10.3. The molecule has 0 saturated carbocycles. The van der Waals surface area contributed by atoms with Crippen molar-refractivity contribution in [2.75, 3.05) is 6.61 Å². The lowest BCUT2D eigenvalue weighted by molar-refractivity contribution is 0.219. The average molecular weight is 343 g/mol. The van der Waals surface area contributed by atoms with Crippen molar-refractivity contribution in [3.63, 3.8) is 0 Å². The SMILES string of the molecule is CCOc1cncc(C(O)c2ccc(Cl)c(Br)c2)c1. The van der Waals surface area contributed by atoms with E-state index in [9.17, 15) is 5.11 Å². The number of pyridine rings is 1. The summed E-state index contributed by atoms with van der Waals surface area (Å²) in [6.45, 7) is 2.47. The molecular weight excluding hydrogens is 330 g/mol. The van der Waals surface area contributed by atoms with Gasteiger partial charge in [0.05, 0.1) is 17.8 Å². The molecule has 100 valence electrons. The van der Waals surface area contributed by atoms with Gasteiger partial charge in [-0.1, -0.05) is 17.7 Å². The summed E-state index contributed by atoms with van der Waals surface area (Å²) in [6, 6.07) is 7.10. The van der Waals surface area contributed by atoms with E-state index in [0.29, 0.717) is 22.9 Å². The number of aliphatic hydroxyl groups is 1. The maximum Gasteiger partial charge on any atom is 0.137 e. The Balaban J connectivity index is 2.29. The Labute approximate surface area is 125 Å². The van der Waals surface area contributed by atoms with Gasteiger partial charge in [0, 0.05) is 16.2 Å². The first-order valence-corrected chi connectivity index (χ1v) is 6.99. The van der Waals surface area contributed by atoms with E-state index in [1.165, 1.54) is 0 Å². The first-order chi connectivity index (χ1) is 9.11. The minimum Gasteiger partial charge on any atom is -0.492 e. The fourth-order valence-electron chi connectivity index (χ4n) is 1.71. The quantitative estimate of drug-likeness (QED) is 0.914. The largest absolute Gasteiger partial charge is 0.492 e. The minimum absolute atomic E-state index is 0.563. The highest BCUT2D eigenvalue weighted by Crippen LogP contribution is 2.29. The van der Waals surface area contributed by atoms with Crippen molar-refractivity contribution in [1.29, 1.82) is 0 Å². The van der Waals surface area contributed by atoms with Gasteiger partial charge in [0.15, 0.2) is 0 Å². The molecule has 19 heavy (non-hydrogen) atoms. The first-order valence-electron chi connectivity index (χ1n) is 5.82. The lowest BCUT2D eigenvalue weighted by Crippen LogP contribution is -2.01. The maximum atomic E-state index is 10.3. The number of nitrogens with zero attached hydrogens (tertiary/aromatic N) is 1. The van der Waals surface area contributed by atoms with E-state index in [2.05, 4.69) is 20.9 Å². The van der Waals surface area contributed by atoms with Crippen molar-refractivity contribution in [3.05, 3.63) is 57.3 Å². The van der Waals surface area contributed by atoms with Crippen LogP contribution in [-0.2, 0) is 0 Å². The Bertz CT molecular complexity index is 577. The Morgan fingerprint density at radius 2 is 2.11 bits per heavy atom. The Morgan fingerprint density at radius 3 is 2.79 bits per heavy atom. The van der Waals surface area contributed by atoms with Crippen LogP contribution >= 0.6 is 27.5 Å². The molecule has 2 rings (SSSR count). The molecule has 5 heteroatoms. The van der Waals surface area contributed by atoms with Gasteiger partial charge in [0.25, 0.3) is 0 Å². The highest BCUT2D eigenvalue weighted by atomic mass is 79.9. The molecule has 3 nitrogen and oxygen atoms in total. The van der Waals surface area contributed by atoms with Crippen molar-refractivity contribution in [2.45, 2.75) is 13.0 Å². The summed E-state index contributed by atoms with van der Waals surface area (Å²) >= 11 is 9.28. The molecule has 1 atom stereocenters. The van der Waals surface area contributed by atoms with E-state index in [-0.39, 0.29) is 0 Å². The number of hydrogen-bond donors (Lipinski definition) is 1. The molecule has 2 aromatic rings. The van der Waals surface area contributed by atoms with E-state index >= 15 is 0 Å². The molecule has 0 aliphatic heterocycles. The van der Waals surface area contributed by atoms with E-state index in [1.54, 1.807) is 36.7 Å². The molecule has 0 bridgehead atoms. The molecule has 0 aliphatic carbocycles. The van der Waals surface area contributed by atoms with Crippen LogP contribution in [0.4, 0.5) is 0 Å².